The van der Waals surface area contributed by atoms with Crippen LogP contribution in [0.3, 0.4) is 0 Å². The quantitative estimate of drug-likeness (QED) is 0.329. The third kappa shape index (κ3) is 11.1. The number of allylic oxidation sites excluding steroid dienone is 2. The minimum absolute atomic E-state index is 0.0496. The van der Waals surface area contributed by atoms with Crippen molar-refractivity contribution in [2.75, 3.05) is 6.61 Å². The molecule has 0 bridgehead atoms. The highest BCUT2D eigenvalue weighted by Gasteiger charge is 1.99. The second-order valence-corrected chi connectivity index (χ2v) is 3.68. The van der Waals surface area contributed by atoms with Crippen molar-refractivity contribution in [3.63, 3.8) is 0 Å². The number of hydrogen-bond acceptors (Lipinski definition) is 2. The summed E-state index contributed by atoms with van der Waals surface area (Å²) in [6.07, 6.45) is 12.0. The number of carbonyl (C=O) groups excluding carboxylic acids is 1. The Morgan fingerprint density at radius 1 is 1.13 bits per heavy atom. The summed E-state index contributed by atoms with van der Waals surface area (Å²) in [5.74, 6) is -0.0496. The number of esters is 1. The maximum absolute atomic E-state index is 11.0. The molecule has 2 nitrogen and oxygen atoms in total. The van der Waals surface area contributed by atoms with Gasteiger partial charge in [0.05, 0.1) is 6.61 Å². The van der Waals surface area contributed by atoms with Crippen molar-refractivity contribution in [2.45, 2.75) is 58.8 Å². The largest absolute Gasteiger partial charge is 0.466 e. The predicted molar refractivity (Wildman–Crippen MR) is 63.8 cm³/mol. The fourth-order valence-corrected chi connectivity index (χ4v) is 1.46. The van der Waals surface area contributed by atoms with Gasteiger partial charge in [-0.1, -0.05) is 31.4 Å². The molecule has 0 atom stereocenters. The van der Waals surface area contributed by atoms with E-state index in [0.29, 0.717) is 13.0 Å². The Hall–Kier alpha value is -0.790. The zero-order valence-electron chi connectivity index (χ0n) is 10.1. The first kappa shape index (κ1) is 14.2. The van der Waals surface area contributed by atoms with E-state index >= 15 is 0 Å². The average molecular weight is 212 g/mol. The van der Waals surface area contributed by atoms with Gasteiger partial charge in [-0.2, -0.15) is 0 Å². The van der Waals surface area contributed by atoms with Crippen LogP contribution in [-0.2, 0) is 9.53 Å². The minimum Gasteiger partial charge on any atom is -0.466 e. The third-order valence-electron chi connectivity index (χ3n) is 2.29. The Morgan fingerprint density at radius 3 is 2.47 bits per heavy atom. The van der Waals surface area contributed by atoms with Crippen LogP contribution in [0.2, 0.25) is 0 Å². The molecule has 0 rings (SSSR count). The van der Waals surface area contributed by atoms with Crippen LogP contribution in [0.1, 0.15) is 58.8 Å². The Balaban J connectivity index is 3.07. The van der Waals surface area contributed by atoms with Gasteiger partial charge in [-0.25, -0.2) is 0 Å². The normalized spacial score (nSPS) is 10.8. The van der Waals surface area contributed by atoms with Crippen molar-refractivity contribution in [3.05, 3.63) is 12.2 Å². The van der Waals surface area contributed by atoms with Gasteiger partial charge in [0, 0.05) is 6.42 Å². The van der Waals surface area contributed by atoms with Gasteiger partial charge in [-0.15, -0.1) is 0 Å². The molecule has 0 radical (unpaired) electrons. The Bertz CT molecular complexity index is 173. The number of carbonyl (C=O) groups is 1. The zero-order valence-corrected chi connectivity index (χ0v) is 10.1. The SMILES string of the molecule is CC=CCCCCCCCC(=O)OCC. The number of ether oxygens (including phenoxy) is 1. The third-order valence-corrected chi connectivity index (χ3v) is 2.29. The zero-order chi connectivity index (χ0) is 11.4. The van der Waals surface area contributed by atoms with Gasteiger partial charge in [-0.3, -0.25) is 4.79 Å². The minimum atomic E-state index is -0.0496. The molecule has 0 aromatic carbocycles. The lowest BCUT2D eigenvalue weighted by molar-refractivity contribution is -0.143. The van der Waals surface area contributed by atoms with E-state index in [4.69, 9.17) is 4.74 Å². The average Bonchev–Trinajstić information content (AvgIpc) is 2.22. The van der Waals surface area contributed by atoms with Gasteiger partial charge in [0.1, 0.15) is 0 Å². The van der Waals surface area contributed by atoms with Crippen LogP contribution in [0.5, 0.6) is 0 Å². The lowest BCUT2D eigenvalue weighted by Gasteiger charge is -2.01. The summed E-state index contributed by atoms with van der Waals surface area (Å²) in [7, 11) is 0. The molecule has 0 unspecified atom stereocenters. The lowest BCUT2D eigenvalue weighted by atomic mass is 10.1. The molecule has 0 aliphatic rings. The summed E-state index contributed by atoms with van der Waals surface area (Å²) in [5, 5.41) is 0. The molecule has 2 heteroatoms. The second-order valence-electron chi connectivity index (χ2n) is 3.68. The highest BCUT2D eigenvalue weighted by molar-refractivity contribution is 5.69. The van der Waals surface area contributed by atoms with Crippen LogP contribution < -0.4 is 0 Å². The van der Waals surface area contributed by atoms with E-state index in [9.17, 15) is 4.79 Å². The molecule has 0 aromatic rings. The van der Waals surface area contributed by atoms with Crippen molar-refractivity contribution in [1.82, 2.24) is 0 Å². The van der Waals surface area contributed by atoms with E-state index in [1.807, 2.05) is 6.92 Å². The van der Waals surface area contributed by atoms with E-state index in [-0.39, 0.29) is 5.97 Å². The van der Waals surface area contributed by atoms with Crippen molar-refractivity contribution in [1.29, 1.82) is 0 Å². The van der Waals surface area contributed by atoms with Gasteiger partial charge in [0.25, 0.3) is 0 Å². The first-order valence-electron chi connectivity index (χ1n) is 6.08. The van der Waals surface area contributed by atoms with Crippen LogP contribution in [0.15, 0.2) is 12.2 Å². The molecule has 0 aromatic heterocycles. The van der Waals surface area contributed by atoms with Crippen LogP contribution >= 0.6 is 0 Å². The highest BCUT2D eigenvalue weighted by atomic mass is 16.5. The van der Waals surface area contributed by atoms with Crippen LogP contribution in [-0.4, -0.2) is 12.6 Å². The fourth-order valence-electron chi connectivity index (χ4n) is 1.46. The van der Waals surface area contributed by atoms with Gasteiger partial charge in [0.2, 0.25) is 0 Å². The first-order valence-corrected chi connectivity index (χ1v) is 6.08. The van der Waals surface area contributed by atoms with Crippen molar-refractivity contribution in [3.8, 4) is 0 Å². The summed E-state index contributed by atoms with van der Waals surface area (Å²) in [5.41, 5.74) is 0. The van der Waals surface area contributed by atoms with Gasteiger partial charge in [0.15, 0.2) is 0 Å². The van der Waals surface area contributed by atoms with E-state index in [1.165, 1.54) is 25.7 Å². The summed E-state index contributed by atoms with van der Waals surface area (Å²) in [6, 6.07) is 0. The summed E-state index contributed by atoms with van der Waals surface area (Å²) < 4.78 is 4.85. The van der Waals surface area contributed by atoms with Crippen LogP contribution in [0.25, 0.3) is 0 Å². The molecule has 0 aliphatic carbocycles. The predicted octanol–water partition coefficient (Wildman–Crippen LogP) is 3.86. The number of rotatable bonds is 9. The molecule has 0 saturated heterocycles. The Kier molecular flexibility index (Phi) is 10.7. The van der Waals surface area contributed by atoms with E-state index in [0.717, 1.165) is 12.8 Å². The summed E-state index contributed by atoms with van der Waals surface area (Å²) in [6.45, 7) is 4.40. The molecule has 0 heterocycles. The standard InChI is InChI=1S/C13H24O2/c1-3-5-6-7-8-9-10-11-12-13(14)15-4-2/h3,5H,4,6-12H2,1-2H3. The maximum atomic E-state index is 11.0. The fraction of sp³-hybridized carbons (Fsp3) is 0.769. The topological polar surface area (TPSA) is 26.3 Å². The molecule has 0 spiro atoms. The molecule has 0 saturated carbocycles. The van der Waals surface area contributed by atoms with Crippen LogP contribution in [0.4, 0.5) is 0 Å². The molecule has 0 fully saturated rings. The van der Waals surface area contributed by atoms with E-state index < -0.39 is 0 Å². The molecule has 0 aliphatic heterocycles. The van der Waals surface area contributed by atoms with Crippen molar-refractivity contribution < 1.29 is 9.53 Å². The smallest absolute Gasteiger partial charge is 0.305 e. The Labute approximate surface area is 93.7 Å². The first-order chi connectivity index (χ1) is 7.31. The molecule has 0 N–H and O–H groups in total. The summed E-state index contributed by atoms with van der Waals surface area (Å²) >= 11 is 0. The van der Waals surface area contributed by atoms with Crippen molar-refractivity contribution in [2.24, 2.45) is 0 Å². The summed E-state index contributed by atoms with van der Waals surface area (Å²) in [4.78, 5) is 11.0. The van der Waals surface area contributed by atoms with Crippen molar-refractivity contribution >= 4 is 5.97 Å². The highest BCUT2D eigenvalue weighted by Crippen LogP contribution is 2.08. The number of hydrogen-bond donors (Lipinski definition) is 0. The second kappa shape index (κ2) is 11.3. The van der Waals surface area contributed by atoms with E-state index in [2.05, 4.69) is 19.1 Å². The van der Waals surface area contributed by atoms with E-state index in [1.54, 1.807) is 0 Å². The monoisotopic (exact) mass is 212 g/mol. The molecular formula is C13H24O2. The van der Waals surface area contributed by atoms with Gasteiger partial charge < -0.3 is 4.74 Å². The van der Waals surface area contributed by atoms with Gasteiger partial charge >= 0.3 is 5.97 Å². The Morgan fingerprint density at radius 2 is 1.80 bits per heavy atom. The molecule has 15 heavy (non-hydrogen) atoms. The van der Waals surface area contributed by atoms with Crippen LogP contribution in [0, 0.1) is 0 Å². The molecular weight excluding hydrogens is 188 g/mol. The molecule has 88 valence electrons. The number of unbranched alkanes of at least 4 members (excludes halogenated alkanes) is 5. The lowest BCUT2D eigenvalue weighted by Crippen LogP contribution is -2.03. The maximum Gasteiger partial charge on any atom is 0.305 e. The molecule has 0 amide bonds. The van der Waals surface area contributed by atoms with Gasteiger partial charge in [-0.05, 0) is 33.1 Å².